The number of carbonyl (C=O) groups excluding carboxylic acids is 1. The molecule has 0 fully saturated rings. The SMILES string of the molecule is Cc1ccc(/C=N\NC(=O)Cn2c(=O)c(C)nc3ccccc32)cc1. The summed E-state index contributed by atoms with van der Waals surface area (Å²) in [5, 5.41) is 3.94. The summed E-state index contributed by atoms with van der Waals surface area (Å²) in [6.07, 6.45) is 1.57. The molecule has 0 aliphatic heterocycles. The lowest BCUT2D eigenvalue weighted by molar-refractivity contribution is -0.121. The quantitative estimate of drug-likeness (QED) is 0.587. The van der Waals surface area contributed by atoms with E-state index in [4.69, 9.17) is 0 Å². The first-order valence-electron chi connectivity index (χ1n) is 7.89. The minimum Gasteiger partial charge on any atom is -0.296 e. The molecule has 1 aromatic heterocycles. The molecule has 0 saturated carbocycles. The predicted octanol–water partition coefficient (Wildman–Crippen LogP) is 2.16. The zero-order chi connectivity index (χ0) is 17.8. The first-order chi connectivity index (χ1) is 12.0. The highest BCUT2D eigenvalue weighted by Crippen LogP contribution is 2.09. The van der Waals surface area contributed by atoms with Crippen molar-refractivity contribution in [2.45, 2.75) is 20.4 Å². The van der Waals surface area contributed by atoms with E-state index in [9.17, 15) is 9.59 Å². The molecule has 0 unspecified atom stereocenters. The molecule has 0 atom stereocenters. The van der Waals surface area contributed by atoms with Crippen LogP contribution in [0.1, 0.15) is 16.8 Å². The topological polar surface area (TPSA) is 76.3 Å². The number of hydrogen-bond acceptors (Lipinski definition) is 4. The number of rotatable bonds is 4. The molecule has 25 heavy (non-hydrogen) atoms. The number of fused-ring (bicyclic) bond motifs is 1. The Labute approximate surface area is 144 Å². The Balaban J connectivity index is 1.77. The number of carbonyl (C=O) groups is 1. The summed E-state index contributed by atoms with van der Waals surface area (Å²) >= 11 is 0. The van der Waals surface area contributed by atoms with Gasteiger partial charge in [0, 0.05) is 0 Å². The van der Waals surface area contributed by atoms with Crippen LogP contribution in [0.5, 0.6) is 0 Å². The first-order valence-corrected chi connectivity index (χ1v) is 7.89. The molecule has 1 heterocycles. The Bertz CT molecular complexity index is 1000. The van der Waals surface area contributed by atoms with Gasteiger partial charge in [0.15, 0.2) is 0 Å². The molecular formula is C19H18N4O2. The van der Waals surface area contributed by atoms with Gasteiger partial charge < -0.3 is 0 Å². The molecule has 0 bridgehead atoms. The van der Waals surface area contributed by atoms with Crippen LogP contribution in [0.25, 0.3) is 11.0 Å². The van der Waals surface area contributed by atoms with Crippen molar-refractivity contribution in [2.24, 2.45) is 5.10 Å². The molecule has 0 spiro atoms. The number of hydrazone groups is 1. The van der Waals surface area contributed by atoms with Crippen LogP contribution >= 0.6 is 0 Å². The lowest BCUT2D eigenvalue weighted by Gasteiger charge is -2.09. The van der Waals surface area contributed by atoms with Crippen LogP contribution < -0.4 is 11.0 Å². The molecule has 0 saturated heterocycles. The maximum absolute atomic E-state index is 12.3. The summed E-state index contributed by atoms with van der Waals surface area (Å²) in [6, 6.07) is 15.0. The van der Waals surface area contributed by atoms with Gasteiger partial charge >= 0.3 is 0 Å². The second-order valence-corrected chi connectivity index (χ2v) is 5.78. The van der Waals surface area contributed by atoms with E-state index in [1.54, 1.807) is 19.2 Å². The average Bonchev–Trinajstić information content (AvgIpc) is 2.60. The summed E-state index contributed by atoms with van der Waals surface area (Å²) < 4.78 is 1.41. The summed E-state index contributed by atoms with van der Waals surface area (Å²) in [5.41, 5.74) is 5.86. The van der Waals surface area contributed by atoms with Crippen molar-refractivity contribution >= 4 is 23.2 Å². The molecule has 2 aromatic carbocycles. The van der Waals surface area contributed by atoms with Gasteiger partial charge in [-0.2, -0.15) is 5.10 Å². The second kappa shape index (κ2) is 7.09. The van der Waals surface area contributed by atoms with Gasteiger partial charge in [-0.05, 0) is 31.5 Å². The van der Waals surface area contributed by atoms with Gasteiger partial charge in [-0.25, -0.2) is 10.4 Å². The highest BCUT2D eigenvalue weighted by atomic mass is 16.2. The Morgan fingerprint density at radius 1 is 1.16 bits per heavy atom. The summed E-state index contributed by atoms with van der Waals surface area (Å²) in [6.45, 7) is 3.52. The summed E-state index contributed by atoms with van der Waals surface area (Å²) in [4.78, 5) is 28.7. The van der Waals surface area contributed by atoms with Crippen LogP contribution in [0, 0.1) is 13.8 Å². The monoisotopic (exact) mass is 334 g/mol. The number of amides is 1. The third-order valence-corrected chi connectivity index (χ3v) is 3.80. The van der Waals surface area contributed by atoms with Gasteiger partial charge in [-0.3, -0.25) is 14.2 Å². The highest BCUT2D eigenvalue weighted by molar-refractivity contribution is 5.83. The molecule has 0 aliphatic carbocycles. The molecule has 1 amide bonds. The molecule has 1 N–H and O–H groups in total. The molecule has 6 heteroatoms. The van der Waals surface area contributed by atoms with E-state index in [1.807, 2.05) is 49.4 Å². The second-order valence-electron chi connectivity index (χ2n) is 5.78. The number of aromatic nitrogens is 2. The van der Waals surface area contributed by atoms with E-state index in [0.29, 0.717) is 16.7 Å². The van der Waals surface area contributed by atoms with E-state index in [1.165, 1.54) is 4.57 Å². The molecule has 0 aliphatic rings. The van der Waals surface area contributed by atoms with E-state index < -0.39 is 0 Å². The minimum absolute atomic E-state index is 0.117. The Morgan fingerprint density at radius 2 is 1.88 bits per heavy atom. The first kappa shape index (κ1) is 16.6. The fraction of sp³-hybridized carbons (Fsp3) is 0.158. The molecular weight excluding hydrogens is 316 g/mol. The normalized spacial score (nSPS) is 11.1. The maximum atomic E-state index is 12.3. The van der Waals surface area contributed by atoms with E-state index in [0.717, 1.165) is 11.1 Å². The fourth-order valence-electron chi connectivity index (χ4n) is 2.49. The van der Waals surface area contributed by atoms with Crippen molar-refractivity contribution in [3.63, 3.8) is 0 Å². The molecule has 126 valence electrons. The fourth-order valence-corrected chi connectivity index (χ4v) is 2.49. The van der Waals surface area contributed by atoms with Crippen LogP contribution in [0.2, 0.25) is 0 Å². The van der Waals surface area contributed by atoms with E-state index in [-0.39, 0.29) is 18.0 Å². The van der Waals surface area contributed by atoms with Crippen LogP contribution in [-0.4, -0.2) is 21.7 Å². The van der Waals surface area contributed by atoms with Gasteiger partial charge in [0.05, 0.1) is 17.2 Å². The standard InChI is InChI=1S/C19H18N4O2/c1-13-7-9-15(10-8-13)11-20-22-18(24)12-23-17-6-4-3-5-16(17)21-14(2)19(23)25/h3-11H,12H2,1-2H3,(H,22,24)/b20-11-. The van der Waals surface area contributed by atoms with Gasteiger partial charge in [0.2, 0.25) is 0 Å². The van der Waals surface area contributed by atoms with Crippen molar-refractivity contribution in [2.75, 3.05) is 0 Å². The number of aryl methyl sites for hydroxylation is 2. The summed E-state index contributed by atoms with van der Waals surface area (Å²) in [5.74, 6) is -0.374. The van der Waals surface area contributed by atoms with Gasteiger partial charge in [-0.1, -0.05) is 42.0 Å². The van der Waals surface area contributed by atoms with Crippen molar-refractivity contribution in [3.8, 4) is 0 Å². The van der Waals surface area contributed by atoms with Crippen molar-refractivity contribution in [3.05, 3.63) is 75.7 Å². The Morgan fingerprint density at radius 3 is 2.64 bits per heavy atom. The van der Waals surface area contributed by atoms with Crippen LogP contribution in [-0.2, 0) is 11.3 Å². The average molecular weight is 334 g/mol. The van der Waals surface area contributed by atoms with E-state index in [2.05, 4.69) is 15.5 Å². The molecule has 6 nitrogen and oxygen atoms in total. The maximum Gasteiger partial charge on any atom is 0.272 e. The van der Waals surface area contributed by atoms with E-state index >= 15 is 0 Å². The number of para-hydroxylation sites is 2. The van der Waals surface area contributed by atoms with Crippen molar-refractivity contribution < 1.29 is 4.79 Å². The van der Waals surface area contributed by atoms with Crippen molar-refractivity contribution in [1.82, 2.24) is 15.0 Å². The van der Waals surface area contributed by atoms with Gasteiger partial charge in [0.1, 0.15) is 12.2 Å². The van der Waals surface area contributed by atoms with Crippen LogP contribution in [0.3, 0.4) is 0 Å². The number of nitrogens with one attached hydrogen (secondary N) is 1. The highest BCUT2D eigenvalue weighted by Gasteiger charge is 2.10. The lowest BCUT2D eigenvalue weighted by atomic mass is 10.2. The number of hydrogen-bond donors (Lipinski definition) is 1. The molecule has 0 radical (unpaired) electrons. The number of nitrogens with zero attached hydrogens (tertiary/aromatic N) is 3. The number of benzene rings is 2. The largest absolute Gasteiger partial charge is 0.296 e. The third-order valence-electron chi connectivity index (χ3n) is 3.80. The van der Waals surface area contributed by atoms with Crippen molar-refractivity contribution in [1.29, 1.82) is 0 Å². The van der Waals surface area contributed by atoms with Crippen LogP contribution in [0.15, 0.2) is 58.4 Å². The molecule has 3 rings (SSSR count). The minimum atomic E-state index is -0.374. The van der Waals surface area contributed by atoms with Gasteiger partial charge in [-0.15, -0.1) is 0 Å². The van der Waals surface area contributed by atoms with Crippen LogP contribution in [0.4, 0.5) is 0 Å². The Hall–Kier alpha value is -3.28. The molecule has 3 aromatic rings. The lowest BCUT2D eigenvalue weighted by Crippen LogP contribution is -2.31. The Kier molecular flexibility index (Phi) is 4.70. The zero-order valence-electron chi connectivity index (χ0n) is 14.1. The zero-order valence-corrected chi connectivity index (χ0v) is 14.1. The third kappa shape index (κ3) is 3.80. The predicted molar refractivity (Wildman–Crippen MR) is 97.7 cm³/mol. The van der Waals surface area contributed by atoms with Gasteiger partial charge in [0.25, 0.3) is 11.5 Å². The smallest absolute Gasteiger partial charge is 0.272 e. The summed E-state index contributed by atoms with van der Waals surface area (Å²) in [7, 11) is 0.